The summed E-state index contributed by atoms with van der Waals surface area (Å²) in [4.78, 5) is 24.7. The lowest BCUT2D eigenvalue weighted by Crippen LogP contribution is -2.30. The molecule has 0 bridgehead atoms. The van der Waals surface area contributed by atoms with E-state index in [1.165, 1.54) is 16.7 Å². The van der Waals surface area contributed by atoms with Crippen molar-refractivity contribution in [2.24, 2.45) is 0 Å². The Labute approximate surface area is 142 Å². The predicted octanol–water partition coefficient (Wildman–Crippen LogP) is 1.15. The molecule has 0 atom stereocenters. The Kier molecular flexibility index (Phi) is 4.53. The van der Waals surface area contributed by atoms with Gasteiger partial charge in [0.1, 0.15) is 4.32 Å². The molecule has 120 valence electrons. The molecule has 8 heteroatoms. The molecule has 0 radical (unpaired) electrons. The quantitative estimate of drug-likeness (QED) is 0.582. The van der Waals surface area contributed by atoms with E-state index in [2.05, 4.69) is 0 Å². The maximum absolute atomic E-state index is 12.4. The predicted molar refractivity (Wildman–Crippen MR) is 86.7 cm³/mol. The van der Waals surface area contributed by atoms with Crippen molar-refractivity contribution in [1.82, 2.24) is 4.90 Å². The van der Waals surface area contributed by atoms with E-state index in [4.69, 9.17) is 21.7 Å². The van der Waals surface area contributed by atoms with Crippen molar-refractivity contribution in [2.75, 3.05) is 13.3 Å². The summed E-state index contributed by atoms with van der Waals surface area (Å²) in [6.07, 6.45) is 1.95. The summed E-state index contributed by atoms with van der Waals surface area (Å²) in [6, 6.07) is 5.41. The minimum Gasteiger partial charge on any atom is -0.550 e. The molecule has 0 aromatic heterocycles. The maximum Gasteiger partial charge on any atom is 0.266 e. The summed E-state index contributed by atoms with van der Waals surface area (Å²) in [6.45, 7) is 0.469. The molecular weight excluding hydrogens is 338 g/mol. The Hall–Kier alpha value is -2.06. The fraction of sp³-hybridized carbons (Fsp3) is 0.267. The number of carboxylic acids is 1. The van der Waals surface area contributed by atoms with Gasteiger partial charge in [-0.05, 0) is 36.6 Å². The van der Waals surface area contributed by atoms with Crippen LogP contribution in [-0.2, 0) is 9.59 Å². The molecule has 1 saturated heterocycles. The highest BCUT2D eigenvalue weighted by Gasteiger charge is 2.31. The van der Waals surface area contributed by atoms with Crippen molar-refractivity contribution in [1.29, 1.82) is 0 Å². The topological polar surface area (TPSA) is 78.9 Å². The van der Waals surface area contributed by atoms with Crippen LogP contribution in [0.2, 0.25) is 0 Å². The summed E-state index contributed by atoms with van der Waals surface area (Å²) >= 11 is 6.39. The first-order chi connectivity index (χ1) is 11.0. The van der Waals surface area contributed by atoms with Gasteiger partial charge >= 0.3 is 0 Å². The first-order valence-electron chi connectivity index (χ1n) is 6.89. The molecular formula is C15H12NO5S2-. The van der Waals surface area contributed by atoms with Gasteiger partial charge in [-0.3, -0.25) is 9.69 Å². The van der Waals surface area contributed by atoms with Gasteiger partial charge in [-0.15, -0.1) is 0 Å². The fourth-order valence-corrected chi connectivity index (χ4v) is 3.54. The van der Waals surface area contributed by atoms with Crippen LogP contribution in [0.5, 0.6) is 11.5 Å². The zero-order valence-electron chi connectivity index (χ0n) is 11.9. The van der Waals surface area contributed by atoms with Crippen LogP contribution in [-0.4, -0.2) is 34.4 Å². The van der Waals surface area contributed by atoms with Crippen LogP contribution >= 0.6 is 24.0 Å². The van der Waals surface area contributed by atoms with Crippen LogP contribution in [0.25, 0.3) is 6.08 Å². The minimum absolute atomic E-state index is 0.0989. The molecule has 0 unspecified atom stereocenters. The van der Waals surface area contributed by atoms with Crippen LogP contribution < -0.4 is 14.6 Å². The van der Waals surface area contributed by atoms with Gasteiger partial charge in [0, 0.05) is 12.5 Å². The Balaban J connectivity index is 1.72. The number of thioether (sulfide) groups is 1. The number of fused-ring (bicyclic) bond motifs is 1. The molecule has 3 rings (SSSR count). The van der Waals surface area contributed by atoms with Crippen LogP contribution in [0.15, 0.2) is 23.1 Å². The third-order valence-electron chi connectivity index (χ3n) is 3.33. The zero-order valence-corrected chi connectivity index (χ0v) is 13.6. The number of ether oxygens (including phenoxy) is 2. The second-order valence-corrected chi connectivity index (χ2v) is 6.60. The SMILES string of the molecule is O=C([O-])CCCN1C(=O)C(=Cc2ccc3c(c2)OCO3)SC1=S. The number of rotatable bonds is 5. The van der Waals surface area contributed by atoms with Crippen LogP contribution in [0.1, 0.15) is 18.4 Å². The fourth-order valence-electron chi connectivity index (χ4n) is 2.23. The molecule has 2 aliphatic rings. The molecule has 23 heavy (non-hydrogen) atoms. The standard InChI is InChI=1S/C15H13NO5S2/c17-13(18)2-1-5-16-14(19)12(23-15(16)22)7-9-3-4-10-11(6-9)21-8-20-10/h3-4,6-7H,1-2,5,8H2,(H,17,18)/p-1. The third kappa shape index (κ3) is 3.48. The molecule has 1 amide bonds. The van der Waals surface area contributed by atoms with Crippen molar-refractivity contribution >= 4 is 46.3 Å². The molecule has 6 nitrogen and oxygen atoms in total. The Morgan fingerprint density at radius 3 is 2.96 bits per heavy atom. The molecule has 2 aliphatic heterocycles. The molecule has 0 saturated carbocycles. The second-order valence-electron chi connectivity index (χ2n) is 4.92. The summed E-state index contributed by atoms with van der Waals surface area (Å²) in [5, 5.41) is 10.4. The lowest BCUT2D eigenvalue weighted by Gasteiger charge is -2.14. The van der Waals surface area contributed by atoms with Crippen molar-refractivity contribution < 1.29 is 24.2 Å². The Morgan fingerprint density at radius 2 is 2.17 bits per heavy atom. The Morgan fingerprint density at radius 1 is 1.39 bits per heavy atom. The third-order valence-corrected chi connectivity index (χ3v) is 4.71. The number of hydrogen-bond donors (Lipinski definition) is 0. The summed E-state index contributed by atoms with van der Waals surface area (Å²) in [5.41, 5.74) is 0.810. The van der Waals surface area contributed by atoms with Gasteiger partial charge in [-0.25, -0.2) is 0 Å². The number of aliphatic carboxylic acids is 1. The number of carbonyl (C=O) groups is 2. The average Bonchev–Trinajstić information content (AvgIpc) is 3.06. The normalized spacial score (nSPS) is 18.1. The molecule has 1 fully saturated rings. The Bertz CT molecular complexity index is 716. The number of carboxylic acid groups (broad SMARTS) is 1. The largest absolute Gasteiger partial charge is 0.550 e. The molecule has 0 spiro atoms. The molecule has 2 heterocycles. The van der Waals surface area contributed by atoms with E-state index in [0.717, 1.165) is 5.56 Å². The van der Waals surface area contributed by atoms with Crippen molar-refractivity contribution in [2.45, 2.75) is 12.8 Å². The minimum atomic E-state index is -1.13. The highest BCUT2D eigenvalue weighted by atomic mass is 32.2. The average molecular weight is 350 g/mol. The van der Waals surface area contributed by atoms with Gasteiger partial charge in [0.25, 0.3) is 5.91 Å². The summed E-state index contributed by atoms with van der Waals surface area (Å²) in [7, 11) is 0. The van der Waals surface area contributed by atoms with Gasteiger partial charge in [0.15, 0.2) is 11.5 Å². The van der Waals surface area contributed by atoms with E-state index in [0.29, 0.717) is 27.1 Å². The highest BCUT2D eigenvalue weighted by Crippen LogP contribution is 2.36. The number of hydrogen-bond acceptors (Lipinski definition) is 7. The molecule has 1 aromatic rings. The van der Waals surface area contributed by atoms with E-state index in [-0.39, 0.29) is 25.7 Å². The van der Waals surface area contributed by atoms with E-state index < -0.39 is 5.97 Å². The molecule has 0 aliphatic carbocycles. The number of benzene rings is 1. The van der Waals surface area contributed by atoms with Crippen molar-refractivity contribution in [3.63, 3.8) is 0 Å². The van der Waals surface area contributed by atoms with Gasteiger partial charge in [0.2, 0.25) is 6.79 Å². The number of carbonyl (C=O) groups excluding carboxylic acids is 2. The first kappa shape index (κ1) is 15.8. The highest BCUT2D eigenvalue weighted by molar-refractivity contribution is 8.26. The van der Waals surface area contributed by atoms with Gasteiger partial charge in [-0.1, -0.05) is 30.0 Å². The van der Waals surface area contributed by atoms with E-state index in [1.54, 1.807) is 18.2 Å². The monoisotopic (exact) mass is 350 g/mol. The van der Waals surface area contributed by atoms with Crippen LogP contribution in [0.4, 0.5) is 0 Å². The van der Waals surface area contributed by atoms with Crippen molar-refractivity contribution in [3.05, 3.63) is 28.7 Å². The van der Waals surface area contributed by atoms with Crippen molar-refractivity contribution in [3.8, 4) is 11.5 Å². The van der Waals surface area contributed by atoms with Crippen LogP contribution in [0.3, 0.4) is 0 Å². The van der Waals surface area contributed by atoms with E-state index in [1.807, 2.05) is 6.07 Å². The summed E-state index contributed by atoms with van der Waals surface area (Å²) < 4.78 is 11.0. The van der Waals surface area contributed by atoms with Gasteiger partial charge < -0.3 is 19.4 Å². The zero-order chi connectivity index (χ0) is 16.4. The second kappa shape index (κ2) is 6.59. The van der Waals surface area contributed by atoms with Gasteiger partial charge in [-0.2, -0.15) is 0 Å². The maximum atomic E-state index is 12.4. The number of thiocarbonyl (C=S) groups is 1. The number of amides is 1. The smallest absolute Gasteiger partial charge is 0.266 e. The lowest BCUT2D eigenvalue weighted by atomic mass is 10.2. The van der Waals surface area contributed by atoms with E-state index >= 15 is 0 Å². The summed E-state index contributed by atoms with van der Waals surface area (Å²) in [5.74, 6) is -0.0254. The molecule has 1 aromatic carbocycles. The van der Waals surface area contributed by atoms with E-state index in [9.17, 15) is 14.7 Å². The van der Waals surface area contributed by atoms with Gasteiger partial charge in [0.05, 0.1) is 4.91 Å². The molecule has 0 N–H and O–H groups in total. The number of nitrogens with zero attached hydrogens (tertiary/aromatic N) is 1. The van der Waals surface area contributed by atoms with Crippen LogP contribution in [0, 0.1) is 0 Å². The lowest BCUT2D eigenvalue weighted by molar-refractivity contribution is -0.305. The first-order valence-corrected chi connectivity index (χ1v) is 8.12.